The molecule has 0 saturated carbocycles. The van der Waals surface area contributed by atoms with Crippen LogP contribution in [0.2, 0.25) is 0 Å². The number of hydrogen-bond donors (Lipinski definition) is 1. The van der Waals surface area contributed by atoms with Gasteiger partial charge in [-0.3, -0.25) is 0 Å². The van der Waals surface area contributed by atoms with Gasteiger partial charge in [-0.25, -0.2) is 18.0 Å². The molecule has 0 saturated heterocycles. The Morgan fingerprint density at radius 2 is 1.32 bits per heavy atom. The van der Waals surface area contributed by atoms with Crippen LogP contribution in [-0.2, 0) is 21.5 Å². The Balaban J connectivity index is 0.000000414. The minimum Gasteiger partial charge on any atom is -0.741 e. The molecular formula is C23H14Br2F3NO7S. The molecule has 0 fully saturated rings. The first kappa shape index (κ1) is 28.5. The zero-order valence-electron chi connectivity index (χ0n) is 18.2. The third-order valence-electron chi connectivity index (χ3n) is 4.82. The number of hydrogen-bond acceptors (Lipinski definition) is 6. The number of pyridine rings is 1. The number of aliphatic carboxylic acids is 1. The quantitative estimate of drug-likeness (QED) is 0.0798. The number of esters is 1. The zero-order chi connectivity index (χ0) is 27.5. The molecule has 3 aromatic carbocycles. The van der Waals surface area contributed by atoms with Crippen LogP contribution in [0.3, 0.4) is 0 Å². The molecule has 0 amide bonds. The molecule has 0 atom stereocenters. The molecule has 0 aliphatic heterocycles. The third-order valence-corrected chi connectivity index (χ3v) is 6.64. The standard InChI is InChI=1S/C22H13Br2NO4.CHF3O3S/c23-15-8-5-9-16(24)21(15)29-22(28)20-13-6-1-3-10-17(13)25(12-19(26)27)18-11-4-2-7-14(18)20;2-1(3,4)8(5,6)7/h1-11H,12H2;(H,5,6,7). The molecule has 4 rings (SSSR count). The van der Waals surface area contributed by atoms with Gasteiger partial charge in [0.05, 0.1) is 25.3 Å². The largest absolute Gasteiger partial charge is 0.741 e. The van der Waals surface area contributed by atoms with E-state index in [0.717, 1.165) is 0 Å². The number of carboxylic acid groups (broad SMARTS) is 1. The van der Waals surface area contributed by atoms with Crippen molar-refractivity contribution in [3.05, 3.63) is 81.2 Å². The molecule has 37 heavy (non-hydrogen) atoms. The molecule has 0 radical (unpaired) electrons. The number of para-hydroxylation sites is 3. The molecule has 4 aromatic rings. The second-order valence-corrected chi connectivity index (χ2v) is 10.3. The maximum Gasteiger partial charge on any atom is 0.485 e. The summed E-state index contributed by atoms with van der Waals surface area (Å²) in [5.74, 6) is -1.10. The van der Waals surface area contributed by atoms with Gasteiger partial charge in [-0.15, -0.1) is 0 Å². The lowest BCUT2D eigenvalue weighted by atomic mass is 10.0. The summed E-state index contributed by atoms with van der Waals surface area (Å²) in [6, 6.07) is 19.9. The van der Waals surface area contributed by atoms with Crippen molar-refractivity contribution in [1.82, 2.24) is 0 Å². The van der Waals surface area contributed by atoms with E-state index in [1.165, 1.54) is 0 Å². The Morgan fingerprint density at radius 1 is 0.892 bits per heavy atom. The van der Waals surface area contributed by atoms with Crippen molar-refractivity contribution < 1.29 is 50.1 Å². The summed E-state index contributed by atoms with van der Waals surface area (Å²) in [5, 5.41) is 10.6. The van der Waals surface area contributed by atoms with E-state index in [1.807, 2.05) is 30.3 Å². The smallest absolute Gasteiger partial charge is 0.485 e. The Morgan fingerprint density at radius 3 is 1.73 bits per heavy atom. The van der Waals surface area contributed by atoms with Crippen molar-refractivity contribution in [3.8, 4) is 5.75 Å². The van der Waals surface area contributed by atoms with Crippen molar-refractivity contribution in [3.63, 3.8) is 0 Å². The van der Waals surface area contributed by atoms with E-state index < -0.39 is 27.6 Å². The van der Waals surface area contributed by atoms with Crippen LogP contribution in [0.5, 0.6) is 5.75 Å². The monoisotopic (exact) mass is 663 g/mol. The summed E-state index contributed by atoms with van der Waals surface area (Å²) in [4.78, 5) is 24.8. The summed E-state index contributed by atoms with van der Waals surface area (Å²) in [6.07, 6.45) is 0. The molecule has 1 aromatic heterocycles. The minimum atomic E-state index is -6.09. The van der Waals surface area contributed by atoms with Crippen molar-refractivity contribution in [2.24, 2.45) is 0 Å². The van der Waals surface area contributed by atoms with Crippen molar-refractivity contribution >= 4 is 75.7 Å². The van der Waals surface area contributed by atoms with E-state index in [1.54, 1.807) is 41.0 Å². The number of alkyl halides is 3. The lowest BCUT2D eigenvalue weighted by molar-refractivity contribution is -0.633. The average Bonchev–Trinajstić information content (AvgIpc) is 2.80. The van der Waals surface area contributed by atoms with Gasteiger partial charge in [0.25, 0.3) is 0 Å². The maximum atomic E-state index is 13.3. The summed E-state index contributed by atoms with van der Waals surface area (Å²) in [6.45, 7) is -0.216. The van der Waals surface area contributed by atoms with Gasteiger partial charge < -0.3 is 14.4 Å². The van der Waals surface area contributed by atoms with Crippen LogP contribution in [0.1, 0.15) is 10.4 Å². The highest BCUT2D eigenvalue weighted by Crippen LogP contribution is 2.35. The molecule has 8 nitrogen and oxygen atoms in total. The lowest BCUT2D eigenvalue weighted by Crippen LogP contribution is -2.40. The van der Waals surface area contributed by atoms with Gasteiger partial charge in [0, 0.05) is 12.1 Å². The van der Waals surface area contributed by atoms with E-state index >= 15 is 0 Å². The normalized spacial score (nSPS) is 11.6. The van der Waals surface area contributed by atoms with Crippen LogP contribution < -0.4 is 9.30 Å². The van der Waals surface area contributed by atoms with Gasteiger partial charge in [0.1, 0.15) is 0 Å². The first-order valence-electron chi connectivity index (χ1n) is 9.95. The molecule has 0 aliphatic carbocycles. The van der Waals surface area contributed by atoms with Crippen LogP contribution >= 0.6 is 31.9 Å². The van der Waals surface area contributed by atoms with Gasteiger partial charge >= 0.3 is 17.4 Å². The Bertz CT molecular complexity index is 1550. The number of rotatable bonds is 4. The molecule has 0 bridgehead atoms. The Labute approximate surface area is 224 Å². The highest BCUT2D eigenvalue weighted by atomic mass is 79.9. The van der Waals surface area contributed by atoms with Gasteiger partial charge in [0.15, 0.2) is 15.9 Å². The fraction of sp³-hybridized carbons (Fsp3) is 0.0870. The lowest BCUT2D eigenvalue weighted by Gasteiger charge is -2.12. The van der Waals surface area contributed by atoms with Crippen LogP contribution in [0.4, 0.5) is 13.2 Å². The zero-order valence-corrected chi connectivity index (χ0v) is 22.2. The van der Waals surface area contributed by atoms with E-state index in [-0.39, 0.29) is 6.54 Å². The number of carbonyl (C=O) groups is 2. The average molecular weight is 665 g/mol. The molecule has 194 valence electrons. The number of nitrogens with zero attached hydrogens (tertiary/aromatic N) is 1. The number of ether oxygens (including phenoxy) is 1. The number of aromatic nitrogens is 1. The molecule has 0 unspecified atom stereocenters. The summed E-state index contributed by atoms with van der Waals surface area (Å²) < 4.78 is 67.6. The fourth-order valence-corrected chi connectivity index (χ4v) is 4.53. The van der Waals surface area contributed by atoms with Gasteiger partial charge in [0.2, 0.25) is 17.6 Å². The summed E-state index contributed by atoms with van der Waals surface area (Å²) in [5.41, 5.74) is -3.97. The highest BCUT2D eigenvalue weighted by molar-refractivity contribution is 9.11. The first-order chi connectivity index (χ1) is 17.2. The second-order valence-electron chi connectivity index (χ2n) is 7.23. The van der Waals surface area contributed by atoms with Crippen LogP contribution in [0.15, 0.2) is 75.7 Å². The Hall–Kier alpha value is -3.07. The number of carboxylic acids is 1. The third kappa shape index (κ3) is 6.44. The van der Waals surface area contributed by atoms with E-state index in [2.05, 4.69) is 31.9 Å². The van der Waals surface area contributed by atoms with E-state index in [9.17, 15) is 27.9 Å². The predicted molar refractivity (Wildman–Crippen MR) is 132 cm³/mol. The summed E-state index contributed by atoms with van der Waals surface area (Å²) >= 11 is 6.82. The van der Waals surface area contributed by atoms with E-state index in [4.69, 9.17) is 17.7 Å². The molecule has 14 heteroatoms. The Kier molecular flexibility index (Phi) is 8.57. The second kappa shape index (κ2) is 11.1. The maximum absolute atomic E-state index is 13.3. The number of halogens is 5. The van der Waals surface area contributed by atoms with Crippen LogP contribution in [-0.4, -0.2) is 35.5 Å². The van der Waals surface area contributed by atoms with Gasteiger partial charge in [-0.05, 0) is 56.1 Å². The van der Waals surface area contributed by atoms with Gasteiger partial charge in [-0.2, -0.15) is 17.7 Å². The van der Waals surface area contributed by atoms with Crippen LogP contribution in [0, 0.1) is 0 Å². The molecular weight excluding hydrogens is 651 g/mol. The topological polar surface area (TPSA) is 125 Å². The molecule has 0 aliphatic rings. The van der Waals surface area contributed by atoms with E-state index in [0.29, 0.717) is 42.1 Å². The van der Waals surface area contributed by atoms with Crippen molar-refractivity contribution in [2.75, 3.05) is 0 Å². The molecule has 0 spiro atoms. The fourth-order valence-electron chi connectivity index (χ4n) is 3.36. The number of carbonyl (C=O) groups excluding carboxylic acids is 1. The molecule has 1 heterocycles. The minimum absolute atomic E-state index is 0.216. The predicted octanol–water partition coefficient (Wildman–Crippen LogP) is 5.16. The first-order valence-corrected chi connectivity index (χ1v) is 12.9. The number of fused-ring (bicyclic) bond motifs is 2. The van der Waals surface area contributed by atoms with Gasteiger partial charge in [-0.1, -0.05) is 30.3 Å². The number of benzene rings is 3. The van der Waals surface area contributed by atoms with Crippen molar-refractivity contribution in [2.45, 2.75) is 12.1 Å². The molecule has 1 N–H and O–H groups in total. The van der Waals surface area contributed by atoms with Crippen LogP contribution in [0.25, 0.3) is 21.8 Å². The summed E-state index contributed by atoms with van der Waals surface area (Å²) in [7, 11) is -6.09. The SMILES string of the molecule is O=C(O)C[n+]1c2ccccc2c(C(=O)Oc2c(Br)cccc2Br)c2ccccc21.O=S(=O)([O-])C(F)(F)F. The van der Waals surface area contributed by atoms with Crippen molar-refractivity contribution in [1.29, 1.82) is 0 Å². The highest BCUT2D eigenvalue weighted by Gasteiger charge is 2.37.